The minimum Gasteiger partial charge on any atom is -0.479 e. The number of carbonyl (C=O) groups excluding carboxylic acids is 1. The molecule has 1 N–H and O–H groups in total. The van der Waals surface area contributed by atoms with Gasteiger partial charge >= 0.3 is 11.9 Å². The van der Waals surface area contributed by atoms with Crippen LogP contribution in [-0.2, 0) is 32.5 Å². The summed E-state index contributed by atoms with van der Waals surface area (Å²) in [5.74, 6) is -2.28. The fourth-order valence-corrected chi connectivity index (χ4v) is 1.72. The van der Waals surface area contributed by atoms with Crippen LogP contribution in [-0.4, -0.2) is 46.1 Å². The van der Waals surface area contributed by atoms with Crippen molar-refractivity contribution in [2.45, 2.75) is 31.8 Å². The number of hydrogen-bond acceptors (Lipinski definition) is 5. The number of hydrogen-bond donors (Lipinski definition) is 1. The molecule has 1 atom stereocenters. The first-order valence-electron chi connectivity index (χ1n) is 6.40. The van der Waals surface area contributed by atoms with Crippen LogP contribution in [0.3, 0.4) is 0 Å². The molecule has 0 radical (unpaired) electrons. The topological polar surface area (TPSA) is 90.7 Å². The summed E-state index contributed by atoms with van der Waals surface area (Å²) >= 11 is 0. The van der Waals surface area contributed by atoms with E-state index in [9.17, 15) is 14.7 Å². The number of aryl methyl sites for hydroxylation is 1. The number of esters is 1. The second kappa shape index (κ2) is 7.04. The normalized spacial score (nSPS) is 13.8. The van der Waals surface area contributed by atoms with Gasteiger partial charge in [-0.3, -0.25) is 4.68 Å². The summed E-state index contributed by atoms with van der Waals surface area (Å²) in [6, 6.07) is 1.63. The van der Waals surface area contributed by atoms with E-state index in [2.05, 4.69) is 5.10 Å². The first-order chi connectivity index (χ1) is 9.46. The molecule has 0 aromatic carbocycles. The van der Waals surface area contributed by atoms with Crippen LogP contribution < -0.4 is 0 Å². The third kappa shape index (κ3) is 3.57. The summed E-state index contributed by atoms with van der Waals surface area (Å²) in [6.45, 7) is 2.12. The van der Waals surface area contributed by atoms with Gasteiger partial charge in [-0.1, -0.05) is 13.3 Å². The van der Waals surface area contributed by atoms with E-state index in [1.807, 2.05) is 6.92 Å². The number of unbranched alkanes of at least 4 members (excludes halogenated alkanes) is 1. The van der Waals surface area contributed by atoms with E-state index in [4.69, 9.17) is 9.47 Å². The van der Waals surface area contributed by atoms with Crippen molar-refractivity contribution in [1.82, 2.24) is 9.78 Å². The van der Waals surface area contributed by atoms with Crippen LogP contribution in [0.5, 0.6) is 0 Å². The van der Waals surface area contributed by atoms with E-state index in [1.165, 1.54) is 11.8 Å². The molecule has 1 heterocycles. The number of nitrogens with zero attached hydrogens (tertiary/aromatic N) is 2. The van der Waals surface area contributed by atoms with Gasteiger partial charge in [0.2, 0.25) is 0 Å². The number of carboxylic acids is 1. The van der Waals surface area contributed by atoms with Gasteiger partial charge in [-0.15, -0.1) is 0 Å². The molecule has 1 aromatic heterocycles. The Hall–Kier alpha value is -1.89. The minimum absolute atomic E-state index is 0.176. The zero-order chi connectivity index (χ0) is 15.2. The van der Waals surface area contributed by atoms with Gasteiger partial charge in [0.25, 0.3) is 5.60 Å². The molecule has 0 aliphatic heterocycles. The molecule has 0 bridgehead atoms. The third-order valence-corrected chi connectivity index (χ3v) is 2.95. The molecule has 20 heavy (non-hydrogen) atoms. The van der Waals surface area contributed by atoms with Crippen molar-refractivity contribution in [3.63, 3.8) is 0 Å². The molecule has 1 aromatic rings. The summed E-state index contributed by atoms with van der Waals surface area (Å²) in [5, 5.41) is 13.4. The summed E-state index contributed by atoms with van der Waals surface area (Å²) in [4.78, 5) is 23.5. The van der Waals surface area contributed by atoms with Crippen molar-refractivity contribution >= 4 is 11.9 Å². The Morgan fingerprint density at radius 1 is 1.50 bits per heavy atom. The third-order valence-electron chi connectivity index (χ3n) is 2.95. The van der Waals surface area contributed by atoms with Crippen molar-refractivity contribution in [2.24, 2.45) is 7.05 Å². The monoisotopic (exact) mass is 284 g/mol. The maximum absolute atomic E-state index is 12.1. The van der Waals surface area contributed by atoms with E-state index < -0.39 is 17.5 Å². The summed E-state index contributed by atoms with van der Waals surface area (Å²) in [6.07, 6.45) is 3.01. The van der Waals surface area contributed by atoms with E-state index in [0.717, 1.165) is 6.42 Å². The van der Waals surface area contributed by atoms with Gasteiger partial charge in [-0.05, 0) is 12.5 Å². The molecule has 7 heteroatoms. The highest BCUT2D eigenvalue weighted by Gasteiger charge is 2.49. The molecule has 0 aliphatic carbocycles. The Bertz CT molecular complexity index is 471. The van der Waals surface area contributed by atoms with Gasteiger partial charge in [0, 0.05) is 26.8 Å². The zero-order valence-electron chi connectivity index (χ0n) is 12.0. The predicted octanol–water partition coefficient (Wildman–Crippen LogP) is 0.776. The molecule has 112 valence electrons. The highest BCUT2D eigenvalue weighted by molar-refractivity contribution is 6.03. The van der Waals surface area contributed by atoms with E-state index >= 15 is 0 Å². The largest absolute Gasteiger partial charge is 0.479 e. The van der Waals surface area contributed by atoms with E-state index in [1.54, 1.807) is 19.3 Å². The molecule has 0 saturated heterocycles. The number of ether oxygens (including phenoxy) is 2. The SMILES string of the molecule is CCCCOC(=O)C(Cc1ccn(C)n1)(OC)C(=O)O. The quantitative estimate of drug-likeness (QED) is 0.431. The predicted molar refractivity (Wildman–Crippen MR) is 70.2 cm³/mol. The molecule has 0 saturated carbocycles. The van der Waals surface area contributed by atoms with Crippen molar-refractivity contribution in [3.05, 3.63) is 18.0 Å². The van der Waals surface area contributed by atoms with Crippen LogP contribution in [0, 0.1) is 0 Å². The fraction of sp³-hybridized carbons (Fsp3) is 0.615. The van der Waals surface area contributed by atoms with Crippen molar-refractivity contribution in [3.8, 4) is 0 Å². The maximum atomic E-state index is 12.1. The van der Waals surface area contributed by atoms with Gasteiger partial charge in [0.05, 0.1) is 12.3 Å². The molecule has 0 spiro atoms. The summed E-state index contributed by atoms with van der Waals surface area (Å²) in [7, 11) is 2.89. The fourth-order valence-electron chi connectivity index (χ4n) is 1.72. The van der Waals surface area contributed by atoms with Crippen LogP contribution in [0.25, 0.3) is 0 Å². The summed E-state index contributed by atoms with van der Waals surface area (Å²) < 4.78 is 11.5. The highest BCUT2D eigenvalue weighted by atomic mass is 16.6. The number of rotatable bonds is 8. The lowest BCUT2D eigenvalue weighted by Crippen LogP contribution is -2.51. The van der Waals surface area contributed by atoms with Crippen LogP contribution in [0.2, 0.25) is 0 Å². The zero-order valence-corrected chi connectivity index (χ0v) is 12.0. The highest BCUT2D eigenvalue weighted by Crippen LogP contribution is 2.19. The second-order valence-electron chi connectivity index (χ2n) is 4.48. The van der Waals surface area contributed by atoms with Crippen LogP contribution in [0.1, 0.15) is 25.5 Å². The lowest BCUT2D eigenvalue weighted by Gasteiger charge is -2.24. The molecule has 0 fully saturated rings. The second-order valence-corrected chi connectivity index (χ2v) is 4.48. The Balaban J connectivity index is 2.90. The smallest absolute Gasteiger partial charge is 0.350 e. The Kier molecular flexibility index (Phi) is 5.69. The molecule has 0 amide bonds. The van der Waals surface area contributed by atoms with Gasteiger partial charge in [0.1, 0.15) is 0 Å². The first kappa shape index (κ1) is 16.2. The molecule has 0 aliphatic rings. The molecular weight excluding hydrogens is 264 g/mol. The number of aliphatic carboxylic acids is 1. The average molecular weight is 284 g/mol. The van der Waals surface area contributed by atoms with Gasteiger partial charge in [0.15, 0.2) is 0 Å². The number of methoxy groups -OCH3 is 1. The number of carboxylic acid groups (broad SMARTS) is 1. The molecular formula is C13H20N2O5. The number of aromatic nitrogens is 2. The van der Waals surface area contributed by atoms with Crippen molar-refractivity contribution in [2.75, 3.05) is 13.7 Å². The van der Waals surface area contributed by atoms with E-state index in [-0.39, 0.29) is 13.0 Å². The number of carbonyl (C=O) groups is 2. The molecule has 1 unspecified atom stereocenters. The standard InChI is InChI=1S/C13H20N2O5/c1-4-5-8-20-12(18)13(19-3,11(16)17)9-10-6-7-15(2)14-10/h6-7H,4-5,8-9H2,1-3H3,(H,16,17). The van der Waals surface area contributed by atoms with Crippen LogP contribution in [0.4, 0.5) is 0 Å². The molecule has 1 rings (SSSR count). The Morgan fingerprint density at radius 3 is 2.65 bits per heavy atom. The van der Waals surface area contributed by atoms with Gasteiger partial charge in [-0.25, -0.2) is 9.59 Å². The van der Waals surface area contributed by atoms with Crippen LogP contribution in [0.15, 0.2) is 12.3 Å². The van der Waals surface area contributed by atoms with Crippen LogP contribution >= 0.6 is 0 Å². The molecule has 7 nitrogen and oxygen atoms in total. The minimum atomic E-state index is -2.05. The average Bonchev–Trinajstić information content (AvgIpc) is 2.81. The summed E-state index contributed by atoms with van der Waals surface area (Å²) in [5.41, 5.74) is -1.61. The Labute approximate surface area is 117 Å². The Morgan fingerprint density at radius 2 is 2.20 bits per heavy atom. The van der Waals surface area contributed by atoms with Crippen molar-refractivity contribution < 1.29 is 24.2 Å². The van der Waals surface area contributed by atoms with E-state index in [0.29, 0.717) is 12.1 Å². The van der Waals surface area contributed by atoms with Gasteiger partial charge in [-0.2, -0.15) is 5.10 Å². The maximum Gasteiger partial charge on any atom is 0.350 e. The van der Waals surface area contributed by atoms with Crippen molar-refractivity contribution in [1.29, 1.82) is 0 Å². The lowest BCUT2D eigenvalue weighted by atomic mass is 9.97. The lowest BCUT2D eigenvalue weighted by molar-refractivity contribution is -0.184. The van der Waals surface area contributed by atoms with Gasteiger partial charge < -0.3 is 14.6 Å². The first-order valence-corrected chi connectivity index (χ1v) is 6.40.